The Hall–Kier alpha value is -2.65. The summed E-state index contributed by atoms with van der Waals surface area (Å²) in [6.07, 6.45) is -0.377. The van der Waals surface area contributed by atoms with Gasteiger partial charge in [0.2, 0.25) is 17.7 Å². The number of carbonyl (C=O) groups excluding carboxylic acids is 3. The van der Waals surface area contributed by atoms with E-state index >= 15 is 0 Å². The van der Waals surface area contributed by atoms with Crippen LogP contribution in [0.2, 0.25) is 0 Å². The SMILES string of the molecule is Cc1csc([C@H](C)N(C)C(=O)C[C@@]2(c3cccc(F)c3)CC(=O)N(CCN(C)C)C2=O)n1. The zero-order valence-corrected chi connectivity index (χ0v) is 19.9. The number of hydrogen-bond acceptors (Lipinski definition) is 6. The Labute approximate surface area is 191 Å². The molecule has 2 atom stereocenters. The lowest BCUT2D eigenvalue weighted by atomic mass is 9.75. The highest BCUT2D eigenvalue weighted by atomic mass is 32.1. The Kier molecular flexibility index (Phi) is 7.09. The topological polar surface area (TPSA) is 73.8 Å². The molecule has 0 unspecified atom stereocenters. The predicted octanol–water partition coefficient (Wildman–Crippen LogP) is 2.76. The normalized spacial score (nSPS) is 19.7. The van der Waals surface area contributed by atoms with E-state index in [1.807, 2.05) is 38.2 Å². The van der Waals surface area contributed by atoms with Crippen molar-refractivity contribution in [2.75, 3.05) is 34.2 Å². The van der Waals surface area contributed by atoms with Gasteiger partial charge in [-0.15, -0.1) is 11.3 Å². The highest BCUT2D eigenvalue weighted by Crippen LogP contribution is 2.41. The zero-order valence-electron chi connectivity index (χ0n) is 19.1. The fourth-order valence-electron chi connectivity index (χ4n) is 3.91. The largest absolute Gasteiger partial charge is 0.337 e. The third kappa shape index (κ3) is 4.73. The quantitative estimate of drug-likeness (QED) is 0.567. The van der Waals surface area contributed by atoms with E-state index in [2.05, 4.69) is 4.98 Å². The van der Waals surface area contributed by atoms with Gasteiger partial charge in [-0.1, -0.05) is 12.1 Å². The molecule has 172 valence electrons. The molecule has 0 saturated carbocycles. The van der Waals surface area contributed by atoms with Crippen molar-refractivity contribution in [2.45, 2.75) is 38.1 Å². The van der Waals surface area contributed by atoms with Gasteiger partial charge < -0.3 is 9.80 Å². The smallest absolute Gasteiger partial charge is 0.240 e. The summed E-state index contributed by atoms with van der Waals surface area (Å²) in [7, 11) is 5.37. The van der Waals surface area contributed by atoms with E-state index in [9.17, 15) is 18.8 Å². The summed E-state index contributed by atoms with van der Waals surface area (Å²) in [6.45, 7) is 4.49. The van der Waals surface area contributed by atoms with Gasteiger partial charge in [-0.25, -0.2) is 9.37 Å². The summed E-state index contributed by atoms with van der Waals surface area (Å²) in [4.78, 5) is 48.8. The molecule has 3 amide bonds. The highest BCUT2D eigenvalue weighted by molar-refractivity contribution is 7.09. The van der Waals surface area contributed by atoms with Gasteiger partial charge >= 0.3 is 0 Å². The van der Waals surface area contributed by atoms with Gasteiger partial charge in [0.05, 0.1) is 11.5 Å². The number of aryl methyl sites for hydroxylation is 1. The van der Waals surface area contributed by atoms with Crippen LogP contribution in [-0.2, 0) is 19.8 Å². The number of carbonyl (C=O) groups is 3. The first-order valence-electron chi connectivity index (χ1n) is 10.5. The second kappa shape index (κ2) is 9.46. The molecule has 0 bridgehead atoms. The van der Waals surface area contributed by atoms with E-state index in [1.54, 1.807) is 18.0 Å². The molecule has 32 heavy (non-hydrogen) atoms. The first-order valence-corrected chi connectivity index (χ1v) is 11.4. The summed E-state index contributed by atoms with van der Waals surface area (Å²) in [5.41, 5.74) is -0.195. The number of nitrogens with zero attached hydrogens (tertiary/aromatic N) is 4. The van der Waals surface area contributed by atoms with Crippen LogP contribution < -0.4 is 0 Å². The molecule has 9 heteroatoms. The van der Waals surface area contributed by atoms with Crippen molar-refractivity contribution in [1.29, 1.82) is 0 Å². The number of likely N-dealkylation sites (tertiary alicyclic amines) is 1. The van der Waals surface area contributed by atoms with E-state index in [0.29, 0.717) is 12.1 Å². The maximum Gasteiger partial charge on any atom is 0.240 e. The summed E-state index contributed by atoms with van der Waals surface area (Å²) >= 11 is 1.47. The van der Waals surface area contributed by atoms with Gasteiger partial charge in [-0.3, -0.25) is 19.3 Å². The van der Waals surface area contributed by atoms with Crippen LogP contribution in [0.1, 0.15) is 42.1 Å². The number of aromatic nitrogens is 1. The van der Waals surface area contributed by atoms with Crippen LogP contribution in [0.4, 0.5) is 4.39 Å². The standard InChI is InChI=1S/C23H29FN4O3S/c1-15-14-32-21(25-15)16(2)27(5)19(29)12-23(17-7-6-8-18(24)11-17)13-20(30)28(22(23)31)10-9-26(3)4/h6-8,11,14,16H,9-10,12-13H2,1-5H3/t16-,23-/m0/s1. The van der Waals surface area contributed by atoms with Crippen molar-refractivity contribution in [1.82, 2.24) is 19.7 Å². The Morgan fingerprint density at radius 1 is 1.31 bits per heavy atom. The summed E-state index contributed by atoms with van der Waals surface area (Å²) < 4.78 is 14.1. The molecule has 2 heterocycles. The van der Waals surface area contributed by atoms with Crippen molar-refractivity contribution in [2.24, 2.45) is 0 Å². The average molecular weight is 461 g/mol. The van der Waals surface area contributed by atoms with E-state index < -0.39 is 17.1 Å². The second-order valence-corrected chi connectivity index (χ2v) is 9.50. The number of hydrogen-bond donors (Lipinski definition) is 0. The lowest BCUT2D eigenvalue weighted by molar-refractivity contribution is -0.143. The molecule has 0 aliphatic carbocycles. The van der Waals surface area contributed by atoms with E-state index in [1.165, 1.54) is 34.4 Å². The number of halogens is 1. The molecule has 3 rings (SSSR count). The van der Waals surface area contributed by atoms with Crippen LogP contribution in [0.25, 0.3) is 0 Å². The minimum atomic E-state index is -1.42. The second-order valence-electron chi connectivity index (χ2n) is 8.61. The number of benzene rings is 1. The Morgan fingerprint density at radius 3 is 2.62 bits per heavy atom. The number of rotatable bonds is 8. The predicted molar refractivity (Wildman–Crippen MR) is 121 cm³/mol. The molecule has 1 fully saturated rings. The molecule has 7 nitrogen and oxygen atoms in total. The first-order chi connectivity index (χ1) is 15.0. The van der Waals surface area contributed by atoms with Crippen LogP contribution in [0, 0.1) is 12.7 Å². The molecular formula is C23H29FN4O3S. The first kappa shape index (κ1) is 24.0. The highest BCUT2D eigenvalue weighted by Gasteiger charge is 2.54. The van der Waals surface area contributed by atoms with Crippen LogP contribution in [0.3, 0.4) is 0 Å². The van der Waals surface area contributed by atoms with Crippen molar-refractivity contribution in [3.63, 3.8) is 0 Å². The lowest BCUT2D eigenvalue weighted by Gasteiger charge is -2.31. The number of amides is 3. The Bertz CT molecular complexity index is 1020. The average Bonchev–Trinajstić information content (AvgIpc) is 3.27. The van der Waals surface area contributed by atoms with Crippen molar-refractivity contribution in [3.05, 3.63) is 51.7 Å². The summed E-state index contributed by atoms with van der Waals surface area (Å²) in [5.74, 6) is -1.61. The minimum absolute atomic E-state index is 0.160. The number of likely N-dealkylation sites (N-methyl/N-ethyl adjacent to an activating group) is 1. The minimum Gasteiger partial charge on any atom is -0.337 e. The molecule has 2 aromatic rings. The maximum atomic E-state index is 14.1. The molecule has 0 radical (unpaired) electrons. The maximum absolute atomic E-state index is 14.1. The van der Waals surface area contributed by atoms with Crippen LogP contribution in [-0.4, -0.2) is 71.6 Å². The molecule has 0 N–H and O–H groups in total. The number of thiazole rings is 1. The molecule has 0 spiro atoms. The molecule has 1 aliphatic heterocycles. The van der Waals surface area contributed by atoms with Gasteiger partial charge in [-0.2, -0.15) is 0 Å². The molecule has 1 saturated heterocycles. The fraction of sp³-hybridized carbons (Fsp3) is 0.478. The molecular weight excluding hydrogens is 431 g/mol. The lowest BCUT2D eigenvalue weighted by Crippen LogP contribution is -2.44. The van der Waals surface area contributed by atoms with E-state index in [0.717, 1.165) is 10.7 Å². The van der Waals surface area contributed by atoms with Crippen LogP contribution in [0.15, 0.2) is 29.6 Å². The van der Waals surface area contributed by atoms with E-state index in [4.69, 9.17) is 0 Å². The molecule has 1 aromatic carbocycles. The van der Waals surface area contributed by atoms with Gasteiger partial charge in [0.15, 0.2) is 0 Å². The van der Waals surface area contributed by atoms with Gasteiger partial charge in [0, 0.05) is 44.1 Å². The van der Waals surface area contributed by atoms with Crippen LogP contribution >= 0.6 is 11.3 Å². The molecule has 1 aromatic heterocycles. The third-order valence-electron chi connectivity index (χ3n) is 5.98. The van der Waals surface area contributed by atoms with Crippen molar-refractivity contribution < 1.29 is 18.8 Å². The Morgan fingerprint density at radius 2 is 2.03 bits per heavy atom. The zero-order chi connectivity index (χ0) is 23.6. The van der Waals surface area contributed by atoms with Gasteiger partial charge in [0.25, 0.3) is 0 Å². The monoisotopic (exact) mass is 460 g/mol. The van der Waals surface area contributed by atoms with E-state index in [-0.39, 0.29) is 37.2 Å². The van der Waals surface area contributed by atoms with Gasteiger partial charge in [0.1, 0.15) is 10.8 Å². The summed E-state index contributed by atoms with van der Waals surface area (Å²) in [5, 5.41) is 2.71. The fourth-order valence-corrected chi connectivity index (χ4v) is 4.80. The molecule has 1 aliphatic rings. The summed E-state index contributed by atoms with van der Waals surface area (Å²) in [6, 6.07) is 5.36. The van der Waals surface area contributed by atoms with Crippen LogP contribution in [0.5, 0.6) is 0 Å². The third-order valence-corrected chi connectivity index (χ3v) is 7.11. The van der Waals surface area contributed by atoms with Gasteiger partial charge in [-0.05, 0) is 45.6 Å². The Balaban J connectivity index is 1.93. The number of imide groups is 1. The van der Waals surface area contributed by atoms with Crippen molar-refractivity contribution in [3.8, 4) is 0 Å². The van der Waals surface area contributed by atoms with Crippen molar-refractivity contribution >= 4 is 29.1 Å².